The quantitative estimate of drug-likeness (QED) is 0.739. The number of hydrogen-bond acceptors (Lipinski definition) is 7. The first-order valence-corrected chi connectivity index (χ1v) is 9.79. The summed E-state index contributed by atoms with van der Waals surface area (Å²) in [4.78, 5) is 26.9. The Balaban J connectivity index is 1.61. The molecule has 8 nitrogen and oxygen atoms in total. The number of carbonyl (C=O) groups is 1. The van der Waals surface area contributed by atoms with Gasteiger partial charge in [-0.15, -0.1) is 21.2 Å². The molecule has 3 aromatic heterocycles. The van der Waals surface area contributed by atoms with Crippen LogP contribution < -0.4 is 10.7 Å². The average Bonchev–Trinajstić information content (AvgIpc) is 3.31. The van der Waals surface area contributed by atoms with E-state index in [2.05, 4.69) is 20.1 Å². The number of hydrogen-bond donors (Lipinski definition) is 1. The van der Waals surface area contributed by atoms with E-state index >= 15 is 0 Å². The van der Waals surface area contributed by atoms with Gasteiger partial charge in [0, 0.05) is 18.0 Å². The molecule has 0 aromatic carbocycles. The molecule has 4 rings (SSSR count). The zero-order chi connectivity index (χ0) is 17.9. The van der Waals surface area contributed by atoms with E-state index in [1.807, 2.05) is 5.38 Å². The average molecular weight is 371 g/mol. The standard InChI is InChI=1S/C17H21N7OS/c18-16-15-13(10-19-11-21-15)22-24(16)23(17-20-8-9-26-17)14(25)7-6-12-4-2-1-3-5-12/h8-12H,1-7,18H2. The van der Waals surface area contributed by atoms with Crippen LogP contribution in [0.15, 0.2) is 24.1 Å². The van der Waals surface area contributed by atoms with Crippen molar-refractivity contribution in [3.05, 3.63) is 24.1 Å². The van der Waals surface area contributed by atoms with Crippen LogP contribution in [0.5, 0.6) is 0 Å². The minimum absolute atomic E-state index is 0.0574. The fourth-order valence-electron chi connectivity index (χ4n) is 3.52. The number of carbonyl (C=O) groups excluding carboxylic acids is 1. The summed E-state index contributed by atoms with van der Waals surface area (Å²) in [7, 11) is 0. The molecule has 136 valence electrons. The number of nitrogen functional groups attached to an aromatic ring is 1. The van der Waals surface area contributed by atoms with E-state index in [9.17, 15) is 4.79 Å². The summed E-state index contributed by atoms with van der Waals surface area (Å²) >= 11 is 1.38. The van der Waals surface area contributed by atoms with Crippen molar-refractivity contribution in [2.24, 2.45) is 5.92 Å². The molecule has 26 heavy (non-hydrogen) atoms. The van der Waals surface area contributed by atoms with Gasteiger partial charge in [-0.3, -0.25) is 4.79 Å². The fourth-order valence-corrected chi connectivity index (χ4v) is 4.16. The molecule has 1 amide bonds. The molecule has 0 spiro atoms. The van der Waals surface area contributed by atoms with Gasteiger partial charge in [0.15, 0.2) is 5.82 Å². The van der Waals surface area contributed by atoms with Gasteiger partial charge in [-0.1, -0.05) is 32.1 Å². The van der Waals surface area contributed by atoms with Gasteiger partial charge in [0.1, 0.15) is 17.4 Å². The van der Waals surface area contributed by atoms with E-state index in [-0.39, 0.29) is 5.91 Å². The number of nitrogens with zero attached hydrogens (tertiary/aromatic N) is 6. The van der Waals surface area contributed by atoms with Crippen molar-refractivity contribution in [2.75, 3.05) is 10.7 Å². The summed E-state index contributed by atoms with van der Waals surface area (Å²) in [6, 6.07) is 0. The van der Waals surface area contributed by atoms with Gasteiger partial charge in [-0.25, -0.2) is 15.0 Å². The Morgan fingerprint density at radius 3 is 2.88 bits per heavy atom. The van der Waals surface area contributed by atoms with Crippen molar-refractivity contribution in [1.82, 2.24) is 24.8 Å². The van der Waals surface area contributed by atoms with Crippen molar-refractivity contribution in [2.45, 2.75) is 44.9 Å². The van der Waals surface area contributed by atoms with Crippen LogP contribution in [-0.4, -0.2) is 30.7 Å². The van der Waals surface area contributed by atoms with Gasteiger partial charge in [-0.05, 0) is 12.3 Å². The Bertz CT molecular complexity index is 886. The second-order valence-electron chi connectivity index (χ2n) is 6.59. The lowest BCUT2D eigenvalue weighted by Crippen LogP contribution is -2.37. The summed E-state index contributed by atoms with van der Waals surface area (Å²) in [5.41, 5.74) is 7.29. The number of anilines is 2. The number of nitrogens with two attached hydrogens (primary N) is 1. The zero-order valence-corrected chi connectivity index (χ0v) is 15.2. The topological polar surface area (TPSA) is 103 Å². The third-order valence-corrected chi connectivity index (χ3v) is 5.62. The molecule has 0 unspecified atom stereocenters. The predicted octanol–water partition coefficient (Wildman–Crippen LogP) is 3.02. The first kappa shape index (κ1) is 16.9. The molecule has 0 radical (unpaired) electrons. The van der Waals surface area contributed by atoms with Crippen molar-refractivity contribution < 1.29 is 4.79 Å². The Hall–Kier alpha value is -2.55. The highest BCUT2D eigenvalue weighted by Crippen LogP contribution is 2.29. The molecule has 9 heteroatoms. The number of amides is 1. The molecule has 3 aromatic rings. The summed E-state index contributed by atoms with van der Waals surface area (Å²) < 4.78 is 0. The lowest BCUT2D eigenvalue weighted by molar-refractivity contribution is -0.119. The molecule has 1 saturated carbocycles. The number of rotatable bonds is 5. The number of fused-ring (bicyclic) bond motifs is 1. The predicted molar refractivity (Wildman–Crippen MR) is 101 cm³/mol. The van der Waals surface area contributed by atoms with Gasteiger partial charge in [0.2, 0.25) is 11.0 Å². The van der Waals surface area contributed by atoms with Gasteiger partial charge >= 0.3 is 0 Å². The van der Waals surface area contributed by atoms with Gasteiger partial charge < -0.3 is 5.73 Å². The molecule has 3 heterocycles. The monoisotopic (exact) mass is 371 g/mol. The smallest absolute Gasteiger partial charge is 0.249 e. The maximum absolute atomic E-state index is 13.1. The van der Waals surface area contributed by atoms with Crippen LogP contribution in [0.2, 0.25) is 0 Å². The van der Waals surface area contributed by atoms with Crippen molar-refractivity contribution in [3.63, 3.8) is 0 Å². The van der Waals surface area contributed by atoms with Crippen LogP contribution in [0.1, 0.15) is 44.9 Å². The number of aromatic nitrogens is 5. The lowest BCUT2D eigenvalue weighted by atomic mass is 9.86. The summed E-state index contributed by atoms with van der Waals surface area (Å²) in [5, 5.41) is 8.26. The number of thiazole rings is 1. The van der Waals surface area contributed by atoms with Crippen LogP contribution >= 0.6 is 11.3 Å². The molecule has 0 saturated heterocycles. The van der Waals surface area contributed by atoms with Crippen LogP contribution in [0, 0.1) is 5.92 Å². The minimum Gasteiger partial charge on any atom is -0.380 e. The Kier molecular flexibility index (Phi) is 4.79. The second kappa shape index (κ2) is 7.36. The van der Waals surface area contributed by atoms with Crippen molar-refractivity contribution >= 4 is 39.2 Å². The second-order valence-corrected chi connectivity index (χ2v) is 7.47. The highest BCUT2D eigenvalue weighted by atomic mass is 32.1. The Morgan fingerprint density at radius 2 is 2.15 bits per heavy atom. The lowest BCUT2D eigenvalue weighted by Gasteiger charge is -2.24. The first-order valence-electron chi connectivity index (χ1n) is 8.91. The molecule has 0 aliphatic heterocycles. The van der Waals surface area contributed by atoms with E-state index in [4.69, 9.17) is 5.73 Å². The third-order valence-electron chi connectivity index (χ3n) is 4.87. The van der Waals surface area contributed by atoms with E-state index < -0.39 is 0 Å². The molecule has 1 aliphatic carbocycles. The molecule has 0 atom stereocenters. The van der Waals surface area contributed by atoms with E-state index in [0.717, 1.165) is 6.42 Å². The van der Waals surface area contributed by atoms with Crippen molar-refractivity contribution in [3.8, 4) is 0 Å². The fraction of sp³-hybridized carbons (Fsp3) is 0.471. The van der Waals surface area contributed by atoms with E-state index in [1.54, 1.807) is 12.4 Å². The summed E-state index contributed by atoms with van der Waals surface area (Å²) in [6.45, 7) is 0. The Labute approximate surface area is 155 Å². The molecule has 2 N–H and O–H groups in total. The molecular weight excluding hydrogens is 350 g/mol. The maximum atomic E-state index is 13.1. The molecule has 1 aliphatic rings. The SMILES string of the molecule is Nc1c2ncncc2nn1N(C(=O)CCC1CCCCC1)c1nccs1. The summed E-state index contributed by atoms with van der Waals surface area (Å²) in [6.07, 6.45) is 12.3. The minimum atomic E-state index is -0.0574. The first-order chi connectivity index (χ1) is 12.7. The highest BCUT2D eigenvalue weighted by Gasteiger charge is 2.26. The largest absolute Gasteiger partial charge is 0.380 e. The maximum Gasteiger partial charge on any atom is 0.249 e. The molecular formula is C17H21N7OS. The summed E-state index contributed by atoms with van der Waals surface area (Å²) in [5.74, 6) is 0.882. The van der Waals surface area contributed by atoms with E-state index in [1.165, 1.54) is 59.6 Å². The Morgan fingerprint density at radius 1 is 1.31 bits per heavy atom. The van der Waals surface area contributed by atoms with Crippen LogP contribution in [0.25, 0.3) is 11.0 Å². The molecule has 1 fully saturated rings. The normalized spacial score (nSPS) is 15.4. The zero-order valence-electron chi connectivity index (χ0n) is 14.4. The van der Waals surface area contributed by atoms with Gasteiger partial charge in [0.05, 0.1) is 6.20 Å². The third kappa shape index (κ3) is 3.26. The van der Waals surface area contributed by atoms with Crippen LogP contribution in [0.4, 0.5) is 10.9 Å². The van der Waals surface area contributed by atoms with Crippen molar-refractivity contribution in [1.29, 1.82) is 0 Å². The van der Waals surface area contributed by atoms with Gasteiger partial charge in [-0.2, -0.15) is 5.01 Å². The molecule has 0 bridgehead atoms. The highest BCUT2D eigenvalue weighted by molar-refractivity contribution is 7.13. The van der Waals surface area contributed by atoms with Gasteiger partial charge in [0.25, 0.3) is 0 Å². The van der Waals surface area contributed by atoms with Crippen LogP contribution in [0.3, 0.4) is 0 Å². The van der Waals surface area contributed by atoms with E-state index in [0.29, 0.717) is 34.3 Å². The van der Waals surface area contributed by atoms with Crippen LogP contribution in [-0.2, 0) is 4.79 Å².